The van der Waals surface area contributed by atoms with E-state index >= 15 is 0 Å². The molecule has 0 bridgehead atoms. The third-order valence-corrected chi connectivity index (χ3v) is 4.56. The Kier molecular flexibility index (Phi) is 5.79. The maximum atomic E-state index is 12.6. The lowest BCUT2D eigenvalue weighted by atomic mass is 10.0. The minimum absolute atomic E-state index is 0.0613. The van der Waals surface area contributed by atoms with Gasteiger partial charge >= 0.3 is 0 Å². The van der Waals surface area contributed by atoms with Gasteiger partial charge in [-0.15, -0.1) is 5.10 Å². The zero-order valence-electron chi connectivity index (χ0n) is 16.8. The minimum Gasteiger partial charge on any atom is -0.378 e. The molecule has 0 unspecified atom stereocenters. The molecule has 0 spiro atoms. The van der Waals surface area contributed by atoms with E-state index in [1.165, 1.54) is 4.68 Å². The lowest BCUT2D eigenvalue weighted by Gasteiger charge is -2.04. The number of carbonyl (C=O) groups is 1. The predicted octanol–water partition coefficient (Wildman–Crippen LogP) is 2.62. The van der Waals surface area contributed by atoms with Gasteiger partial charge in [0.2, 0.25) is 11.6 Å². The van der Waals surface area contributed by atoms with Crippen LogP contribution in [0.15, 0.2) is 64.3 Å². The molecule has 4 aromatic rings. The number of nitrogen functional groups attached to an aromatic ring is 1. The zero-order valence-corrected chi connectivity index (χ0v) is 16.8. The Morgan fingerprint density at radius 1 is 1.13 bits per heavy atom. The van der Waals surface area contributed by atoms with Crippen molar-refractivity contribution in [2.75, 3.05) is 5.73 Å². The SMILES string of the molecule is CCCc1c(C(=O)N/N=C\c2ccc(-c3ccccc3)cc2)nnn1-c1nonc1N. The van der Waals surface area contributed by atoms with Crippen molar-refractivity contribution < 1.29 is 9.42 Å². The van der Waals surface area contributed by atoms with Crippen molar-refractivity contribution in [3.05, 3.63) is 71.5 Å². The van der Waals surface area contributed by atoms with Crippen LogP contribution in [0.1, 0.15) is 35.1 Å². The Labute approximate surface area is 177 Å². The van der Waals surface area contributed by atoms with Crippen LogP contribution in [0.4, 0.5) is 5.82 Å². The molecule has 4 rings (SSSR count). The standard InChI is InChI=1S/C21H20N8O2/c1-2-6-17-18(24-28-29(17)20-19(22)26-31-27-20)21(30)25-23-13-14-9-11-16(12-10-14)15-7-4-3-5-8-15/h3-5,7-13H,2,6H2,1H3,(H2,22,26)(H,25,30)/b23-13-. The van der Waals surface area contributed by atoms with Crippen LogP contribution >= 0.6 is 0 Å². The Hall–Kier alpha value is -4.34. The number of aromatic nitrogens is 5. The van der Waals surface area contributed by atoms with Gasteiger partial charge < -0.3 is 5.73 Å². The number of hydrazone groups is 1. The number of carbonyl (C=O) groups excluding carboxylic acids is 1. The summed E-state index contributed by atoms with van der Waals surface area (Å²) in [5.41, 5.74) is 12.0. The van der Waals surface area contributed by atoms with Gasteiger partial charge in [-0.1, -0.05) is 73.2 Å². The highest BCUT2D eigenvalue weighted by Crippen LogP contribution is 2.19. The van der Waals surface area contributed by atoms with E-state index in [4.69, 9.17) is 5.73 Å². The van der Waals surface area contributed by atoms with Crippen LogP contribution in [0, 0.1) is 0 Å². The van der Waals surface area contributed by atoms with Gasteiger partial charge in [-0.3, -0.25) is 4.79 Å². The highest BCUT2D eigenvalue weighted by atomic mass is 16.6. The van der Waals surface area contributed by atoms with E-state index in [1.807, 2.05) is 61.5 Å². The van der Waals surface area contributed by atoms with Gasteiger partial charge in [0.05, 0.1) is 11.9 Å². The van der Waals surface area contributed by atoms with Crippen LogP contribution in [0.25, 0.3) is 16.9 Å². The monoisotopic (exact) mass is 416 g/mol. The lowest BCUT2D eigenvalue weighted by molar-refractivity contribution is 0.0949. The second kappa shape index (κ2) is 8.99. The third-order valence-electron chi connectivity index (χ3n) is 4.56. The maximum Gasteiger partial charge on any atom is 0.293 e. The largest absolute Gasteiger partial charge is 0.378 e. The molecular formula is C21H20N8O2. The number of hydrogen-bond acceptors (Lipinski definition) is 8. The quantitative estimate of drug-likeness (QED) is 0.349. The van der Waals surface area contributed by atoms with E-state index in [9.17, 15) is 4.79 Å². The Morgan fingerprint density at radius 3 is 2.55 bits per heavy atom. The molecular weight excluding hydrogens is 396 g/mol. The fourth-order valence-electron chi connectivity index (χ4n) is 3.06. The van der Waals surface area contributed by atoms with Crippen LogP contribution < -0.4 is 11.2 Å². The van der Waals surface area contributed by atoms with Crippen molar-refractivity contribution in [1.29, 1.82) is 0 Å². The molecule has 31 heavy (non-hydrogen) atoms. The van der Waals surface area contributed by atoms with Crippen LogP contribution in [0.5, 0.6) is 0 Å². The first kappa shape index (κ1) is 20.0. The fourth-order valence-corrected chi connectivity index (χ4v) is 3.06. The Morgan fingerprint density at radius 2 is 1.87 bits per heavy atom. The summed E-state index contributed by atoms with van der Waals surface area (Å²) in [6.07, 6.45) is 2.86. The van der Waals surface area contributed by atoms with E-state index in [0.717, 1.165) is 23.1 Å². The van der Waals surface area contributed by atoms with Crippen LogP contribution in [-0.2, 0) is 6.42 Å². The van der Waals surface area contributed by atoms with Crippen molar-refractivity contribution in [3.63, 3.8) is 0 Å². The summed E-state index contributed by atoms with van der Waals surface area (Å²) in [4.78, 5) is 12.6. The molecule has 2 aromatic carbocycles. The molecule has 0 radical (unpaired) electrons. The van der Waals surface area contributed by atoms with Crippen molar-refractivity contribution >= 4 is 17.9 Å². The minimum atomic E-state index is -0.484. The van der Waals surface area contributed by atoms with E-state index in [0.29, 0.717) is 12.1 Å². The van der Waals surface area contributed by atoms with Crippen LogP contribution in [0.2, 0.25) is 0 Å². The smallest absolute Gasteiger partial charge is 0.293 e. The molecule has 0 saturated heterocycles. The molecule has 0 saturated carbocycles. The number of nitrogens with two attached hydrogens (primary N) is 1. The number of rotatable bonds is 7. The number of hydrogen-bond donors (Lipinski definition) is 2. The van der Waals surface area contributed by atoms with Crippen molar-refractivity contribution in [3.8, 4) is 16.9 Å². The number of anilines is 1. The van der Waals surface area contributed by atoms with Gasteiger partial charge in [-0.25, -0.2) is 10.1 Å². The number of nitrogens with zero attached hydrogens (tertiary/aromatic N) is 6. The first-order valence-corrected chi connectivity index (χ1v) is 9.69. The summed E-state index contributed by atoms with van der Waals surface area (Å²) < 4.78 is 5.97. The molecule has 0 aliphatic carbocycles. The number of benzene rings is 2. The van der Waals surface area contributed by atoms with Crippen molar-refractivity contribution in [1.82, 2.24) is 30.7 Å². The Balaban J connectivity index is 1.47. The van der Waals surface area contributed by atoms with E-state index < -0.39 is 5.91 Å². The second-order valence-corrected chi connectivity index (χ2v) is 6.71. The van der Waals surface area contributed by atoms with Crippen LogP contribution in [-0.4, -0.2) is 37.4 Å². The average molecular weight is 416 g/mol. The molecule has 10 heteroatoms. The van der Waals surface area contributed by atoms with Gasteiger partial charge in [0.15, 0.2) is 5.69 Å². The zero-order chi connectivity index (χ0) is 21.6. The molecule has 0 aliphatic rings. The number of amides is 1. The molecule has 0 atom stereocenters. The van der Waals surface area contributed by atoms with E-state index in [-0.39, 0.29) is 17.3 Å². The molecule has 2 heterocycles. The second-order valence-electron chi connectivity index (χ2n) is 6.71. The summed E-state index contributed by atoms with van der Waals surface area (Å²) >= 11 is 0. The summed E-state index contributed by atoms with van der Waals surface area (Å²) in [7, 11) is 0. The van der Waals surface area contributed by atoms with E-state index in [1.54, 1.807) is 6.21 Å². The third kappa shape index (κ3) is 4.32. The summed E-state index contributed by atoms with van der Waals surface area (Å²) in [5.74, 6) is -0.231. The Bertz CT molecular complexity index is 1200. The van der Waals surface area contributed by atoms with Crippen molar-refractivity contribution in [2.45, 2.75) is 19.8 Å². The van der Waals surface area contributed by atoms with Gasteiger partial charge in [0.1, 0.15) is 0 Å². The molecule has 10 nitrogen and oxygen atoms in total. The first-order valence-electron chi connectivity index (χ1n) is 9.69. The fraction of sp³-hybridized carbons (Fsp3) is 0.143. The highest BCUT2D eigenvalue weighted by molar-refractivity contribution is 5.94. The van der Waals surface area contributed by atoms with Gasteiger partial charge in [0, 0.05) is 0 Å². The lowest BCUT2D eigenvalue weighted by Crippen LogP contribution is -2.20. The molecule has 1 amide bonds. The van der Waals surface area contributed by atoms with Gasteiger partial charge in [0.25, 0.3) is 5.91 Å². The van der Waals surface area contributed by atoms with Crippen LogP contribution in [0.3, 0.4) is 0 Å². The molecule has 0 aliphatic heterocycles. The van der Waals surface area contributed by atoms with Crippen molar-refractivity contribution in [2.24, 2.45) is 5.10 Å². The highest BCUT2D eigenvalue weighted by Gasteiger charge is 2.23. The molecule has 0 fully saturated rings. The molecule has 156 valence electrons. The van der Waals surface area contributed by atoms with Gasteiger partial charge in [-0.2, -0.15) is 9.78 Å². The molecule has 3 N–H and O–H groups in total. The normalized spacial score (nSPS) is 11.1. The van der Waals surface area contributed by atoms with Gasteiger partial charge in [-0.05, 0) is 33.4 Å². The summed E-state index contributed by atoms with van der Waals surface area (Å²) in [5, 5.41) is 19.2. The predicted molar refractivity (Wildman–Crippen MR) is 115 cm³/mol. The number of nitrogens with one attached hydrogen (secondary N) is 1. The topological polar surface area (TPSA) is 137 Å². The first-order chi connectivity index (χ1) is 15.2. The van der Waals surface area contributed by atoms with E-state index in [2.05, 4.69) is 35.8 Å². The maximum absolute atomic E-state index is 12.6. The summed E-state index contributed by atoms with van der Waals surface area (Å²) in [6.45, 7) is 1.97. The summed E-state index contributed by atoms with van der Waals surface area (Å²) in [6, 6.07) is 17.9. The molecule has 2 aromatic heterocycles. The average Bonchev–Trinajstić information content (AvgIpc) is 3.41.